The Hall–Kier alpha value is -1.18. The number of carbonyl (C=O) groups excluding carboxylic acids is 2. The minimum atomic E-state index is -0.797. The third-order valence-electron chi connectivity index (χ3n) is 4.64. The smallest absolute Gasteiger partial charge is 0.242 e. The van der Waals surface area contributed by atoms with Crippen molar-refractivity contribution in [1.82, 2.24) is 14.7 Å². The van der Waals surface area contributed by atoms with Crippen molar-refractivity contribution in [2.24, 2.45) is 5.73 Å². The Morgan fingerprint density at radius 3 is 2.17 bits per heavy atom. The van der Waals surface area contributed by atoms with Crippen LogP contribution in [0.4, 0.5) is 0 Å². The predicted octanol–water partition coefficient (Wildman–Crippen LogP) is -0.493. The summed E-state index contributed by atoms with van der Waals surface area (Å²) in [7, 11) is 0. The summed E-state index contributed by atoms with van der Waals surface area (Å²) < 4.78 is 5.30. The van der Waals surface area contributed by atoms with Crippen LogP contribution in [0.15, 0.2) is 0 Å². The van der Waals surface area contributed by atoms with Gasteiger partial charge in [-0.2, -0.15) is 0 Å². The molecular weight excluding hydrogens is 296 g/mol. The molecule has 2 heterocycles. The van der Waals surface area contributed by atoms with E-state index in [2.05, 4.69) is 4.90 Å². The molecule has 2 aliphatic rings. The minimum Gasteiger partial charge on any atom is -0.379 e. The SMILES string of the molecule is CCCC(C)(N)C(=O)N1CCN(C(=O)CN2CCOCC2)CC1. The van der Waals surface area contributed by atoms with Crippen LogP contribution in [-0.2, 0) is 14.3 Å². The van der Waals surface area contributed by atoms with Crippen molar-refractivity contribution in [2.75, 3.05) is 59.0 Å². The quantitative estimate of drug-likeness (QED) is 0.737. The summed E-state index contributed by atoms with van der Waals surface area (Å²) in [6.45, 7) is 9.63. The molecule has 23 heavy (non-hydrogen) atoms. The summed E-state index contributed by atoms with van der Waals surface area (Å²) in [5.74, 6) is 0.141. The van der Waals surface area contributed by atoms with Crippen molar-refractivity contribution in [3.8, 4) is 0 Å². The fraction of sp³-hybridized carbons (Fsp3) is 0.875. The van der Waals surface area contributed by atoms with Crippen LogP contribution >= 0.6 is 0 Å². The van der Waals surface area contributed by atoms with Gasteiger partial charge < -0.3 is 20.3 Å². The van der Waals surface area contributed by atoms with E-state index in [4.69, 9.17) is 10.5 Å². The molecule has 0 aromatic carbocycles. The van der Waals surface area contributed by atoms with Gasteiger partial charge in [0.15, 0.2) is 0 Å². The normalized spacial score (nSPS) is 22.7. The number of hydrogen-bond acceptors (Lipinski definition) is 5. The fourth-order valence-corrected chi connectivity index (χ4v) is 3.20. The van der Waals surface area contributed by atoms with E-state index in [9.17, 15) is 9.59 Å². The number of amides is 2. The second-order valence-electron chi connectivity index (χ2n) is 6.73. The molecule has 0 radical (unpaired) electrons. The lowest BCUT2D eigenvalue weighted by Gasteiger charge is -2.39. The number of nitrogens with zero attached hydrogens (tertiary/aromatic N) is 3. The first-order valence-corrected chi connectivity index (χ1v) is 8.60. The summed E-state index contributed by atoms with van der Waals surface area (Å²) >= 11 is 0. The van der Waals surface area contributed by atoms with Crippen LogP contribution in [0.2, 0.25) is 0 Å². The monoisotopic (exact) mass is 326 g/mol. The molecule has 0 spiro atoms. The highest BCUT2D eigenvalue weighted by atomic mass is 16.5. The van der Waals surface area contributed by atoms with E-state index in [0.717, 1.165) is 19.5 Å². The molecule has 0 bridgehead atoms. The number of carbonyl (C=O) groups is 2. The molecule has 2 N–H and O–H groups in total. The lowest BCUT2D eigenvalue weighted by atomic mass is 9.95. The number of hydrogen-bond donors (Lipinski definition) is 1. The molecule has 0 aliphatic carbocycles. The Kier molecular flexibility index (Phi) is 6.38. The maximum absolute atomic E-state index is 12.5. The standard InChI is InChI=1S/C16H30N4O3/c1-3-4-16(2,17)15(22)20-7-5-19(6-8-20)14(21)13-18-9-11-23-12-10-18/h3-13,17H2,1-2H3. The zero-order chi connectivity index (χ0) is 16.9. The zero-order valence-corrected chi connectivity index (χ0v) is 14.4. The maximum atomic E-state index is 12.5. The van der Waals surface area contributed by atoms with Gasteiger partial charge >= 0.3 is 0 Å². The van der Waals surface area contributed by atoms with Crippen LogP contribution < -0.4 is 5.73 Å². The van der Waals surface area contributed by atoms with Crippen LogP contribution in [0.5, 0.6) is 0 Å². The lowest BCUT2D eigenvalue weighted by molar-refractivity contribution is -0.143. The van der Waals surface area contributed by atoms with Gasteiger partial charge in [0.25, 0.3) is 0 Å². The number of morpholine rings is 1. The van der Waals surface area contributed by atoms with Gasteiger partial charge in [0.05, 0.1) is 25.3 Å². The Bertz CT molecular complexity index is 414. The fourth-order valence-electron chi connectivity index (χ4n) is 3.20. The molecule has 1 unspecified atom stereocenters. The van der Waals surface area contributed by atoms with Crippen molar-refractivity contribution in [1.29, 1.82) is 0 Å². The predicted molar refractivity (Wildman–Crippen MR) is 87.9 cm³/mol. The molecule has 2 amide bonds. The summed E-state index contributed by atoms with van der Waals surface area (Å²) in [6.07, 6.45) is 1.57. The van der Waals surface area contributed by atoms with Gasteiger partial charge in [0, 0.05) is 39.3 Å². The van der Waals surface area contributed by atoms with E-state index in [1.807, 2.05) is 11.8 Å². The van der Waals surface area contributed by atoms with Gasteiger partial charge in [0.1, 0.15) is 0 Å². The summed E-state index contributed by atoms with van der Waals surface area (Å²) in [5.41, 5.74) is 5.33. The molecule has 0 saturated carbocycles. The van der Waals surface area contributed by atoms with Crippen molar-refractivity contribution in [2.45, 2.75) is 32.2 Å². The van der Waals surface area contributed by atoms with Gasteiger partial charge in [-0.25, -0.2) is 0 Å². The van der Waals surface area contributed by atoms with E-state index >= 15 is 0 Å². The zero-order valence-electron chi connectivity index (χ0n) is 14.4. The summed E-state index contributed by atoms with van der Waals surface area (Å²) in [5, 5.41) is 0. The molecule has 7 nitrogen and oxygen atoms in total. The van der Waals surface area contributed by atoms with Gasteiger partial charge in [-0.1, -0.05) is 13.3 Å². The van der Waals surface area contributed by atoms with E-state index in [0.29, 0.717) is 52.4 Å². The Morgan fingerprint density at radius 2 is 1.61 bits per heavy atom. The van der Waals surface area contributed by atoms with E-state index < -0.39 is 5.54 Å². The molecule has 2 saturated heterocycles. The van der Waals surface area contributed by atoms with Crippen LogP contribution in [0.3, 0.4) is 0 Å². The molecular formula is C16H30N4O3. The second kappa shape index (κ2) is 8.08. The third kappa shape index (κ3) is 4.89. The average Bonchev–Trinajstić information content (AvgIpc) is 2.55. The van der Waals surface area contributed by atoms with Gasteiger partial charge in [0.2, 0.25) is 11.8 Å². The molecule has 1 atom stereocenters. The minimum absolute atomic E-state index is 0.000344. The highest BCUT2D eigenvalue weighted by molar-refractivity contribution is 5.86. The van der Waals surface area contributed by atoms with Crippen LogP contribution in [0.25, 0.3) is 0 Å². The topological polar surface area (TPSA) is 79.1 Å². The molecule has 2 aliphatic heterocycles. The van der Waals surface area contributed by atoms with Crippen molar-refractivity contribution in [3.05, 3.63) is 0 Å². The molecule has 2 rings (SSSR count). The third-order valence-corrected chi connectivity index (χ3v) is 4.64. The number of ether oxygens (including phenoxy) is 1. The van der Waals surface area contributed by atoms with Gasteiger partial charge in [-0.05, 0) is 13.3 Å². The Balaban J connectivity index is 1.78. The average molecular weight is 326 g/mol. The summed E-state index contributed by atoms with van der Waals surface area (Å²) in [4.78, 5) is 30.6. The van der Waals surface area contributed by atoms with Crippen molar-refractivity contribution < 1.29 is 14.3 Å². The number of piperazine rings is 1. The van der Waals surface area contributed by atoms with Crippen LogP contribution in [-0.4, -0.2) is 91.1 Å². The van der Waals surface area contributed by atoms with Crippen LogP contribution in [0.1, 0.15) is 26.7 Å². The first kappa shape index (κ1) is 18.2. The van der Waals surface area contributed by atoms with Crippen molar-refractivity contribution >= 4 is 11.8 Å². The van der Waals surface area contributed by atoms with Crippen molar-refractivity contribution in [3.63, 3.8) is 0 Å². The number of nitrogens with two attached hydrogens (primary N) is 1. The van der Waals surface area contributed by atoms with E-state index in [1.54, 1.807) is 11.8 Å². The largest absolute Gasteiger partial charge is 0.379 e. The maximum Gasteiger partial charge on any atom is 0.242 e. The number of rotatable bonds is 5. The molecule has 0 aromatic heterocycles. The Morgan fingerprint density at radius 1 is 1.04 bits per heavy atom. The van der Waals surface area contributed by atoms with E-state index in [1.165, 1.54) is 0 Å². The molecule has 2 fully saturated rings. The first-order chi connectivity index (χ1) is 10.9. The molecule has 132 valence electrons. The molecule has 7 heteroatoms. The van der Waals surface area contributed by atoms with Crippen LogP contribution in [0, 0.1) is 0 Å². The Labute approximate surface area is 138 Å². The second-order valence-corrected chi connectivity index (χ2v) is 6.73. The lowest BCUT2D eigenvalue weighted by Crippen LogP contribution is -2.59. The summed E-state index contributed by atoms with van der Waals surface area (Å²) in [6, 6.07) is 0. The molecule has 0 aromatic rings. The highest BCUT2D eigenvalue weighted by Crippen LogP contribution is 2.15. The highest BCUT2D eigenvalue weighted by Gasteiger charge is 2.34. The van der Waals surface area contributed by atoms with E-state index in [-0.39, 0.29) is 11.8 Å². The van der Waals surface area contributed by atoms with Gasteiger partial charge in [-0.15, -0.1) is 0 Å². The first-order valence-electron chi connectivity index (χ1n) is 8.60. The van der Waals surface area contributed by atoms with Gasteiger partial charge in [-0.3, -0.25) is 14.5 Å².